The third-order valence-corrected chi connectivity index (χ3v) is 7.25. The monoisotopic (exact) mass is 388 g/mol. The number of benzene rings is 1. The highest BCUT2D eigenvalue weighted by atomic mass is 32.2. The van der Waals surface area contributed by atoms with Gasteiger partial charge in [-0.3, -0.25) is 9.80 Å². The molecule has 0 unspecified atom stereocenters. The summed E-state index contributed by atoms with van der Waals surface area (Å²) in [6.45, 7) is 7.95. The second-order valence-electron chi connectivity index (χ2n) is 8.20. The molecule has 0 saturated carbocycles. The van der Waals surface area contributed by atoms with Gasteiger partial charge < -0.3 is 0 Å². The van der Waals surface area contributed by atoms with Crippen LogP contribution in [0.3, 0.4) is 0 Å². The Balaban J connectivity index is 1.50. The quantitative estimate of drug-likeness (QED) is 0.782. The number of para-hydroxylation sites is 1. The molecule has 2 fully saturated rings. The summed E-state index contributed by atoms with van der Waals surface area (Å²) >= 11 is 0. The smallest absolute Gasteiger partial charge is 0.153 e. The standard InChI is InChI=1S/C20H28N4O2S/c1-16(2)11-22-8-9-23(20-15-27(25,26)14-19(20)22)12-17-10-21-24(13-17)18-6-4-3-5-7-18/h3-7,10,13,16,19-20H,8-9,11-12,14-15H2,1-2H3/t19-,20+/m1/s1. The summed E-state index contributed by atoms with van der Waals surface area (Å²) < 4.78 is 26.6. The molecule has 3 heterocycles. The van der Waals surface area contributed by atoms with Crippen molar-refractivity contribution in [3.05, 3.63) is 48.3 Å². The SMILES string of the molecule is CC(C)CN1CCN(Cc2cnn(-c3ccccc3)c2)[C@H]2CS(=O)(=O)C[C@H]21. The highest BCUT2D eigenvalue weighted by Gasteiger charge is 2.46. The van der Waals surface area contributed by atoms with Gasteiger partial charge in [0, 0.05) is 50.0 Å². The van der Waals surface area contributed by atoms with Gasteiger partial charge in [0.1, 0.15) is 0 Å². The van der Waals surface area contributed by atoms with E-state index in [4.69, 9.17) is 0 Å². The first kappa shape index (κ1) is 18.7. The summed E-state index contributed by atoms with van der Waals surface area (Å²) in [5.74, 6) is 1.12. The molecule has 2 saturated heterocycles. The van der Waals surface area contributed by atoms with E-state index in [1.165, 1.54) is 0 Å². The Kier molecular flexibility index (Phi) is 5.09. The van der Waals surface area contributed by atoms with Crippen molar-refractivity contribution in [2.75, 3.05) is 31.1 Å². The van der Waals surface area contributed by atoms with Gasteiger partial charge in [0.2, 0.25) is 0 Å². The Morgan fingerprint density at radius 1 is 1.07 bits per heavy atom. The van der Waals surface area contributed by atoms with Crippen molar-refractivity contribution in [3.8, 4) is 5.69 Å². The zero-order chi connectivity index (χ0) is 19.0. The van der Waals surface area contributed by atoms with Gasteiger partial charge >= 0.3 is 0 Å². The predicted octanol–water partition coefficient (Wildman–Crippen LogP) is 1.81. The molecule has 1 aromatic carbocycles. The van der Waals surface area contributed by atoms with Gasteiger partial charge in [-0.25, -0.2) is 13.1 Å². The van der Waals surface area contributed by atoms with Crippen molar-refractivity contribution in [3.63, 3.8) is 0 Å². The van der Waals surface area contributed by atoms with Gasteiger partial charge in [0.15, 0.2) is 9.84 Å². The first-order valence-electron chi connectivity index (χ1n) is 9.69. The van der Waals surface area contributed by atoms with Crippen LogP contribution in [0.1, 0.15) is 19.4 Å². The van der Waals surface area contributed by atoms with Crippen LogP contribution in [0.15, 0.2) is 42.7 Å². The molecule has 1 aromatic heterocycles. The van der Waals surface area contributed by atoms with Crippen LogP contribution in [0.25, 0.3) is 5.69 Å². The fraction of sp³-hybridized carbons (Fsp3) is 0.550. The van der Waals surface area contributed by atoms with E-state index in [9.17, 15) is 8.42 Å². The van der Waals surface area contributed by atoms with Crippen LogP contribution in [0.4, 0.5) is 0 Å². The van der Waals surface area contributed by atoms with E-state index in [1.54, 1.807) is 0 Å². The lowest BCUT2D eigenvalue weighted by atomic mass is 10.0. The Morgan fingerprint density at radius 3 is 2.44 bits per heavy atom. The van der Waals surface area contributed by atoms with Crippen LogP contribution in [0.5, 0.6) is 0 Å². The lowest BCUT2D eigenvalue weighted by molar-refractivity contribution is 0.0337. The Labute approximate surface area is 161 Å². The van der Waals surface area contributed by atoms with Gasteiger partial charge in [-0.15, -0.1) is 0 Å². The minimum Gasteiger partial charge on any atom is -0.296 e. The van der Waals surface area contributed by atoms with Crippen molar-refractivity contribution in [1.82, 2.24) is 19.6 Å². The van der Waals surface area contributed by atoms with Crippen molar-refractivity contribution >= 4 is 9.84 Å². The molecular weight excluding hydrogens is 360 g/mol. The highest BCUT2D eigenvalue weighted by molar-refractivity contribution is 7.91. The number of rotatable bonds is 5. The van der Waals surface area contributed by atoms with E-state index in [2.05, 4.69) is 28.7 Å². The summed E-state index contributed by atoms with van der Waals surface area (Å²) in [6, 6.07) is 10.3. The summed E-state index contributed by atoms with van der Waals surface area (Å²) in [6.07, 6.45) is 3.94. The average molecular weight is 389 g/mol. The third-order valence-electron chi connectivity index (χ3n) is 5.55. The molecule has 0 spiro atoms. The van der Waals surface area contributed by atoms with Crippen LogP contribution in [0, 0.1) is 5.92 Å². The fourth-order valence-corrected chi connectivity index (χ4v) is 6.43. The maximum atomic E-state index is 12.3. The molecule has 0 bridgehead atoms. The lowest BCUT2D eigenvalue weighted by Gasteiger charge is -2.44. The maximum absolute atomic E-state index is 12.3. The van der Waals surface area contributed by atoms with E-state index in [1.807, 2.05) is 47.4 Å². The summed E-state index contributed by atoms with van der Waals surface area (Å²) in [4.78, 5) is 4.74. The van der Waals surface area contributed by atoms with Crippen LogP contribution in [0.2, 0.25) is 0 Å². The molecule has 4 rings (SSSR count). The fourth-order valence-electron chi connectivity index (χ4n) is 4.39. The van der Waals surface area contributed by atoms with Crippen molar-refractivity contribution < 1.29 is 8.42 Å². The van der Waals surface area contributed by atoms with Crippen molar-refractivity contribution in [2.45, 2.75) is 32.5 Å². The Morgan fingerprint density at radius 2 is 1.74 bits per heavy atom. The molecule has 146 valence electrons. The van der Waals surface area contributed by atoms with Crippen molar-refractivity contribution in [1.29, 1.82) is 0 Å². The van der Waals surface area contributed by atoms with E-state index < -0.39 is 9.84 Å². The number of sulfone groups is 1. The van der Waals surface area contributed by atoms with Gasteiger partial charge in [-0.05, 0) is 18.1 Å². The minimum atomic E-state index is -2.96. The normalized spacial score (nSPS) is 25.7. The number of nitrogens with zero attached hydrogens (tertiary/aromatic N) is 4. The highest BCUT2D eigenvalue weighted by Crippen LogP contribution is 2.28. The van der Waals surface area contributed by atoms with Gasteiger partial charge in [-0.2, -0.15) is 5.10 Å². The molecule has 2 aromatic rings. The minimum absolute atomic E-state index is 0.0857. The van der Waals surface area contributed by atoms with Gasteiger partial charge in [0.05, 0.1) is 23.4 Å². The largest absolute Gasteiger partial charge is 0.296 e. The van der Waals surface area contributed by atoms with E-state index in [0.29, 0.717) is 11.7 Å². The Hall–Kier alpha value is -1.70. The number of fused-ring (bicyclic) bond motifs is 1. The van der Waals surface area contributed by atoms with Crippen molar-refractivity contribution in [2.24, 2.45) is 5.92 Å². The molecule has 0 aliphatic carbocycles. The molecule has 27 heavy (non-hydrogen) atoms. The lowest BCUT2D eigenvalue weighted by Crippen LogP contribution is -2.59. The van der Waals surface area contributed by atoms with Crippen LogP contribution in [-0.4, -0.2) is 71.2 Å². The average Bonchev–Trinajstić information content (AvgIpc) is 3.21. The molecule has 0 radical (unpaired) electrons. The van der Waals surface area contributed by atoms with E-state index >= 15 is 0 Å². The Bertz CT molecular complexity index is 878. The summed E-state index contributed by atoms with van der Waals surface area (Å²) in [5.41, 5.74) is 2.16. The second kappa shape index (κ2) is 7.37. The molecule has 0 N–H and O–H groups in total. The summed E-state index contributed by atoms with van der Waals surface area (Å²) in [7, 11) is -2.96. The molecule has 0 amide bonds. The number of hydrogen-bond acceptors (Lipinski definition) is 5. The van der Waals surface area contributed by atoms with Gasteiger partial charge in [0.25, 0.3) is 0 Å². The number of piperazine rings is 1. The zero-order valence-electron chi connectivity index (χ0n) is 16.0. The van der Waals surface area contributed by atoms with E-state index in [0.717, 1.165) is 37.4 Å². The number of aromatic nitrogens is 2. The molecule has 6 nitrogen and oxygen atoms in total. The molecular formula is C20H28N4O2S. The van der Waals surface area contributed by atoms with Crippen LogP contribution >= 0.6 is 0 Å². The topological polar surface area (TPSA) is 58.4 Å². The summed E-state index contributed by atoms with van der Waals surface area (Å²) in [5, 5.41) is 4.48. The molecule has 2 aliphatic rings. The number of hydrogen-bond donors (Lipinski definition) is 0. The van der Waals surface area contributed by atoms with Crippen LogP contribution in [-0.2, 0) is 16.4 Å². The molecule has 2 atom stereocenters. The first-order valence-corrected chi connectivity index (χ1v) is 11.5. The first-order chi connectivity index (χ1) is 12.9. The molecule has 2 aliphatic heterocycles. The maximum Gasteiger partial charge on any atom is 0.153 e. The third kappa shape index (κ3) is 4.10. The second-order valence-corrected chi connectivity index (χ2v) is 10.4. The predicted molar refractivity (Wildman–Crippen MR) is 107 cm³/mol. The van der Waals surface area contributed by atoms with Crippen LogP contribution < -0.4 is 0 Å². The zero-order valence-corrected chi connectivity index (χ0v) is 16.8. The van der Waals surface area contributed by atoms with Gasteiger partial charge in [-0.1, -0.05) is 32.0 Å². The molecule has 7 heteroatoms. The van der Waals surface area contributed by atoms with E-state index in [-0.39, 0.29) is 17.8 Å².